The van der Waals surface area contributed by atoms with Gasteiger partial charge in [-0.25, -0.2) is 0 Å². The van der Waals surface area contributed by atoms with E-state index in [0.29, 0.717) is 6.04 Å². The van der Waals surface area contributed by atoms with Crippen LogP contribution in [0.3, 0.4) is 0 Å². The number of nitrogens with one attached hydrogen (secondary N) is 2. The van der Waals surface area contributed by atoms with Gasteiger partial charge in [-0.3, -0.25) is 9.89 Å². The molecule has 1 aliphatic heterocycles. The summed E-state index contributed by atoms with van der Waals surface area (Å²) < 4.78 is 5.69. The first-order chi connectivity index (χ1) is 10.4. The van der Waals surface area contributed by atoms with Gasteiger partial charge >= 0.3 is 0 Å². The Kier molecular flexibility index (Phi) is 8.43. The van der Waals surface area contributed by atoms with Gasteiger partial charge in [-0.1, -0.05) is 13.8 Å². The van der Waals surface area contributed by atoms with Gasteiger partial charge in [0.25, 0.3) is 0 Å². The number of nitrogens with zero attached hydrogens (tertiary/aromatic N) is 2. The van der Waals surface area contributed by atoms with Gasteiger partial charge in [0.15, 0.2) is 5.96 Å². The third-order valence-corrected chi connectivity index (χ3v) is 6.58. The third-order valence-electron chi connectivity index (χ3n) is 5.64. The topological polar surface area (TPSA) is 48.9 Å². The summed E-state index contributed by atoms with van der Waals surface area (Å²) in [5, 5.41) is 7.01. The van der Waals surface area contributed by atoms with Crippen LogP contribution in [0.2, 0.25) is 0 Å². The molecule has 0 aromatic heterocycles. The monoisotopic (exact) mass is 456 g/mol. The summed E-state index contributed by atoms with van der Waals surface area (Å²) >= 11 is 2.05. The van der Waals surface area contributed by atoms with E-state index in [-0.39, 0.29) is 35.0 Å². The second-order valence-electron chi connectivity index (χ2n) is 7.01. The number of hydrogen-bond acceptors (Lipinski definition) is 4. The molecule has 7 heteroatoms. The quantitative estimate of drug-likeness (QED) is 0.377. The molecule has 0 bridgehead atoms. The van der Waals surface area contributed by atoms with Crippen LogP contribution in [0.15, 0.2) is 4.99 Å². The average Bonchev–Trinajstić information content (AvgIpc) is 2.53. The van der Waals surface area contributed by atoms with E-state index in [1.807, 2.05) is 14.2 Å². The molecule has 23 heavy (non-hydrogen) atoms. The lowest BCUT2D eigenvalue weighted by molar-refractivity contribution is -0.176. The van der Waals surface area contributed by atoms with Crippen molar-refractivity contribution in [3.63, 3.8) is 0 Å². The highest BCUT2D eigenvalue weighted by Gasteiger charge is 2.58. The number of hydrogen-bond donors (Lipinski definition) is 2. The summed E-state index contributed by atoms with van der Waals surface area (Å²) in [6.07, 6.45) is 1.01. The summed E-state index contributed by atoms with van der Waals surface area (Å²) in [4.78, 5) is 6.88. The van der Waals surface area contributed by atoms with E-state index in [1.54, 1.807) is 0 Å². The number of aliphatic imine (C=N–C) groups is 1. The minimum absolute atomic E-state index is 0. The number of methoxy groups -OCH3 is 1. The molecule has 1 saturated heterocycles. The van der Waals surface area contributed by atoms with Crippen LogP contribution < -0.4 is 10.6 Å². The fourth-order valence-corrected chi connectivity index (χ4v) is 4.22. The van der Waals surface area contributed by atoms with Gasteiger partial charge in [0.1, 0.15) is 0 Å². The van der Waals surface area contributed by atoms with Crippen LogP contribution in [0.25, 0.3) is 0 Å². The van der Waals surface area contributed by atoms with Crippen LogP contribution in [0.4, 0.5) is 0 Å². The molecule has 1 aliphatic carbocycles. The van der Waals surface area contributed by atoms with Gasteiger partial charge in [0.2, 0.25) is 0 Å². The average molecular weight is 456 g/mol. The van der Waals surface area contributed by atoms with Gasteiger partial charge in [-0.05, 0) is 13.3 Å². The fraction of sp³-hybridized carbons (Fsp3) is 0.938. The Bertz CT molecular complexity index is 402. The number of thioether (sulfide) groups is 1. The van der Waals surface area contributed by atoms with Crippen molar-refractivity contribution >= 4 is 41.7 Å². The lowest BCUT2D eigenvalue weighted by atomic mass is 9.56. The molecule has 0 spiro atoms. The molecule has 2 atom stereocenters. The first kappa shape index (κ1) is 21.3. The van der Waals surface area contributed by atoms with Crippen LogP contribution in [0.1, 0.15) is 27.2 Å². The van der Waals surface area contributed by atoms with E-state index in [9.17, 15) is 0 Å². The van der Waals surface area contributed by atoms with Crippen LogP contribution >= 0.6 is 35.7 Å². The Morgan fingerprint density at radius 2 is 1.96 bits per heavy atom. The molecule has 0 radical (unpaired) electrons. The van der Waals surface area contributed by atoms with E-state index >= 15 is 0 Å². The summed E-state index contributed by atoms with van der Waals surface area (Å²) in [6, 6.07) is 0.398. The van der Waals surface area contributed by atoms with E-state index in [4.69, 9.17) is 4.74 Å². The largest absolute Gasteiger partial charge is 0.378 e. The van der Waals surface area contributed by atoms with Crippen LogP contribution in [-0.4, -0.2) is 74.3 Å². The minimum atomic E-state index is -0.0466. The van der Waals surface area contributed by atoms with Gasteiger partial charge < -0.3 is 15.4 Å². The van der Waals surface area contributed by atoms with Crippen molar-refractivity contribution < 1.29 is 4.74 Å². The third kappa shape index (κ3) is 4.89. The number of ether oxygens (including phenoxy) is 1. The Hall–Kier alpha value is 0.270. The molecule has 2 N–H and O–H groups in total. The standard InChI is InChI=1S/C16H32N4OS.HI/c1-15(2)13(12-16(15,3)21-5)19-14(17-4)18-6-7-20-8-10-22-11-9-20;/h13H,6-12H2,1-5H3,(H2,17,18,19);1H. The van der Waals surface area contributed by atoms with Gasteiger partial charge in [-0.15, -0.1) is 24.0 Å². The molecule has 2 rings (SSSR count). The molecule has 136 valence electrons. The minimum Gasteiger partial charge on any atom is -0.378 e. The lowest BCUT2D eigenvalue weighted by Gasteiger charge is -2.59. The fourth-order valence-electron chi connectivity index (χ4n) is 3.24. The maximum Gasteiger partial charge on any atom is 0.191 e. The Balaban J connectivity index is 0.00000264. The Morgan fingerprint density at radius 1 is 1.30 bits per heavy atom. The maximum absolute atomic E-state index is 5.69. The second-order valence-corrected chi connectivity index (χ2v) is 8.24. The Labute approximate surface area is 162 Å². The predicted octanol–water partition coefficient (Wildman–Crippen LogP) is 2.02. The molecule has 0 aromatic rings. The van der Waals surface area contributed by atoms with Crippen LogP contribution in [-0.2, 0) is 4.74 Å². The molecule has 5 nitrogen and oxygen atoms in total. The molecule has 2 fully saturated rings. The highest BCUT2D eigenvalue weighted by atomic mass is 127. The van der Waals surface area contributed by atoms with Crippen molar-refractivity contribution in [1.29, 1.82) is 0 Å². The second kappa shape index (κ2) is 9.10. The van der Waals surface area contributed by atoms with Crippen molar-refractivity contribution in [1.82, 2.24) is 15.5 Å². The summed E-state index contributed by atoms with van der Waals surface area (Å²) in [5.41, 5.74) is 0.0540. The molecular formula is C16H33IN4OS. The summed E-state index contributed by atoms with van der Waals surface area (Å²) in [5.74, 6) is 3.43. The van der Waals surface area contributed by atoms with Gasteiger partial charge in [-0.2, -0.15) is 11.8 Å². The van der Waals surface area contributed by atoms with E-state index in [2.05, 4.69) is 53.1 Å². The number of halogens is 1. The first-order valence-corrected chi connectivity index (χ1v) is 9.41. The highest BCUT2D eigenvalue weighted by Crippen LogP contribution is 2.51. The summed E-state index contributed by atoms with van der Waals surface area (Å²) in [6.45, 7) is 11.2. The van der Waals surface area contributed by atoms with E-state index < -0.39 is 0 Å². The Morgan fingerprint density at radius 3 is 2.48 bits per heavy atom. The van der Waals surface area contributed by atoms with E-state index in [1.165, 1.54) is 24.6 Å². The molecule has 0 amide bonds. The van der Waals surface area contributed by atoms with Crippen molar-refractivity contribution in [2.24, 2.45) is 10.4 Å². The number of rotatable bonds is 5. The molecule has 1 saturated carbocycles. The SMILES string of the molecule is CN=C(NCCN1CCSCC1)NC1CC(C)(OC)C1(C)C.I. The zero-order valence-corrected chi connectivity index (χ0v) is 18.3. The van der Waals surface area contributed by atoms with Crippen molar-refractivity contribution in [2.45, 2.75) is 38.8 Å². The van der Waals surface area contributed by atoms with Crippen molar-refractivity contribution in [2.75, 3.05) is 51.8 Å². The molecular weight excluding hydrogens is 423 g/mol. The molecule has 1 heterocycles. The normalized spacial score (nSPS) is 31.0. The first-order valence-electron chi connectivity index (χ1n) is 8.25. The summed E-state index contributed by atoms with van der Waals surface area (Å²) in [7, 11) is 3.65. The van der Waals surface area contributed by atoms with E-state index in [0.717, 1.165) is 25.5 Å². The zero-order chi connectivity index (χ0) is 16.2. The maximum atomic E-state index is 5.69. The molecule has 2 aliphatic rings. The lowest BCUT2D eigenvalue weighted by Crippen LogP contribution is -2.69. The van der Waals surface area contributed by atoms with Crippen LogP contribution in [0, 0.1) is 5.41 Å². The zero-order valence-electron chi connectivity index (χ0n) is 15.1. The van der Waals surface area contributed by atoms with Crippen molar-refractivity contribution in [3.05, 3.63) is 0 Å². The number of guanidine groups is 1. The van der Waals surface area contributed by atoms with Gasteiger partial charge in [0, 0.05) is 63.3 Å². The molecule has 2 unspecified atom stereocenters. The van der Waals surface area contributed by atoms with Crippen molar-refractivity contribution in [3.8, 4) is 0 Å². The molecule has 0 aromatic carbocycles. The highest BCUT2D eigenvalue weighted by molar-refractivity contribution is 14.0. The van der Waals surface area contributed by atoms with Gasteiger partial charge in [0.05, 0.1) is 5.60 Å². The smallest absolute Gasteiger partial charge is 0.191 e. The predicted molar refractivity (Wildman–Crippen MR) is 111 cm³/mol. The van der Waals surface area contributed by atoms with Crippen LogP contribution in [0.5, 0.6) is 0 Å².